The highest BCUT2D eigenvalue weighted by Gasteiger charge is 2.43. The molecule has 0 N–H and O–H groups in total. The molecule has 2 aromatic rings. The Morgan fingerprint density at radius 3 is 2.00 bits per heavy atom. The van der Waals surface area contributed by atoms with E-state index in [9.17, 15) is 19.2 Å². The molecular weight excluding hydrogens is 384 g/mol. The van der Waals surface area contributed by atoms with Crippen LogP contribution in [0.4, 0.5) is 0 Å². The lowest BCUT2D eigenvalue weighted by Crippen LogP contribution is -2.48. The number of rotatable bonds is 7. The predicted molar refractivity (Wildman–Crippen MR) is 110 cm³/mol. The smallest absolute Gasteiger partial charge is 0.330 e. The van der Waals surface area contributed by atoms with E-state index in [1.54, 1.807) is 55.6 Å². The van der Waals surface area contributed by atoms with E-state index >= 15 is 0 Å². The molecule has 3 rings (SSSR count). The molecule has 156 valence electrons. The average molecular weight is 408 g/mol. The summed E-state index contributed by atoms with van der Waals surface area (Å²) in [5.74, 6) is -2.24. The first-order chi connectivity index (χ1) is 14.3. The van der Waals surface area contributed by atoms with E-state index in [4.69, 9.17) is 4.74 Å². The fourth-order valence-electron chi connectivity index (χ4n) is 3.23. The minimum absolute atomic E-state index is 0.0486. The van der Waals surface area contributed by atoms with Gasteiger partial charge in [-0.1, -0.05) is 42.5 Å². The van der Waals surface area contributed by atoms with Crippen molar-refractivity contribution in [2.24, 2.45) is 0 Å². The number of esters is 1. The summed E-state index contributed by atoms with van der Waals surface area (Å²) in [5.41, 5.74) is 1.27. The van der Waals surface area contributed by atoms with Crippen LogP contribution in [0.2, 0.25) is 0 Å². The topological polar surface area (TPSA) is 84.0 Å². The van der Waals surface area contributed by atoms with Crippen LogP contribution in [0.1, 0.15) is 40.1 Å². The van der Waals surface area contributed by atoms with Crippen molar-refractivity contribution < 1.29 is 23.9 Å². The normalized spacial score (nSPS) is 13.9. The Labute approximate surface area is 175 Å². The van der Waals surface area contributed by atoms with Gasteiger partial charge in [-0.25, -0.2) is 4.79 Å². The van der Waals surface area contributed by atoms with E-state index in [0.717, 1.165) is 10.5 Å². The van der Waals surface area contributed by atoms with Gasteiger partial charge in [0.05, 0.1) is 11.1 Å². The van der Waals surface area contributed by atoms with Crippen molar-refractivity contribution >= 4 is 23.7 Å². The first-order valence-electron chi connectivity index (χ1n) is 9.74. The van der Waals surface area contributed by atoms with Gasteiger partial charge in [-0.3, -0.25) is 19.3 Å². The summed E-state index contributed by atoms with van der Waals surface area (Å²) in [6.07, 6.45) is 0.0966. The van der Waals surface area contributed by atoms with Crippen molar-refractivity contribution in [1.82, 2.24) is 9.80 Å². The van der Waals surface area contributed by atoms with Gasteiger partial charge in [0.1, 0.15) is 6.04 Å². The Kier molecular flexibility index (Phi) is 6.30. The molecule has 0 unspecified atom stereocenters. The minimum atomic E-state index is -1.17. The molecule has 2 aromatic carbocycles. The van der Waals surface area contributed by atoms with Crippen LogP contribution in [-0.4, -0.2) is 59.2 Å². The lowest BCUT2D eigenvalue weighted by atomic mass is 10.0. The number of nitrogens with zero attached hydrogens (tertiary/aromatic N) is 2. The molecule has 1 atom stereocenters. The highest BCUT2D eigenvalue weighted by Crippen LogP contribution is 2.26. The first kappa shape index (κ1) is 21.2. The van der Waals surface area contributed by atoms with Crippen molar-refractivity contribution in [3.63, 3.8) is 0 Å². The van der Waals surface area contributed by atoms with Crippen LogP contribution in [0.3, 0.4) is 0 Å². The van der Waals surface area contributed by atoms with Crippen LogP contribution in [0.25, 0.3) is 0 Å². The van der Waals surface area contributed by atoms with E-state index in [1.807, 2.05) is 19.9 Å². The molecule has 3 amide bonds. The Hall–Kier alpha value is -3.48. The maximum atomic E-state index is 12.9. The number of amides is 3. The van der Waals surface area contributed by atoms with Crippen molar-refractivity contribution in [3.05, 3.63) is 71.3 Å². The first-order valence-corrected chi connectivity index (χ1v) is 9.74. The van der Waals surface area contributed by atoms with E-state index < -0.39 is 30.4 Å². The summed E-state index contributed by atoms with van der Waals surface area (Å²) in [5, 5.41) is 0. The second-order valence-corrected chi connectivity index (χ2v) is 7.44. The van der Waals surface area contributed by atoms with Crippen molar-refractivity contribution in [1.29, 1.82) is 0 Å². The zero-order valence-electron chi connectivity index (χ0n) is 17.2. The van der Waals surface area contributed by atoms with Gasteiger partial charge in [-0.05, 0) is 31.5 Å². The Balaban J connectivity index is 1.84. The summed E-state index contributed by atoms with van der Waals surface area (Å²) in [6, 6.07) is 14.3. The number of benzene rings is 2. The van der Waals surface area contributed by atoms with Gasteiger partial charge in [0, 0.05) is 19.5 Å². The molecule has 0 spiro atoms. The van der Waals surface area contributed by atoms with E-state index in [2.05, 4.69) is 0 Å². The molecule has 0 bridgehead atoms. The molecule has 7 nitrogen and oxygen atoms in total. The standard InChI is InChI=1S/C23H24N2O5/c1-15(2)24(3)20(26)14-30-23(29)19(13-16-9-5-4-6-10-16)25-21(27)17-11-7-8-12-18(17)22(25)28/h4-12,15,19H,13-14H2,1-3H3/t19-/m1/s1. The number of carbonyl (C=O) groups excluding carboxylic acids is 4. The van der Waals surface area contributed by atoms with Crippen LogP contribution in [-0.2, 0) is 20.7 Å². The Morgan fingerprint density at radius 1 is 0.933 bits per heavy atom. The highest BCUT2D eigenvalue weighted by atomic mass is 16.5. The Morgan fingerprint density at radius 2 is 1.47 bits per heavy atom. The maximum absolute atomic E-state index is 12.9. The van der Waals surface area contributed by atoms with Crippen molar-refractivity contribution in [2.45, 2.75) is 32.4 Å². The van der Waals surface area contributed by atoms with Gasteiger partial charge < -0.3 is 9.64 Å². The number of imide groups is 1. The fourth-order valence-corrected chi connectivity index (χ4v) is 3.23. The van der Waals surface area contributed by atoms with Crippen LogP contribution in [0.15, 0.2) is 54.6 Å². The van der Waals surface area contributed by atoms with Gasteiger partial charge in [0.2, 0.25) is 0 Å². The molecule has 1 heterocycles. The van der Waals surface area contributed by atoms with E-state index in [1.165, 1.54) is 4.90 Å². The molecule has 1 aliphatic heterocycles. The quantitative estimate of drug-likeness (QED) is 0.519. The second kappa shape index (κ2) is 8.90. The Bertz CT molecular complexity index is 936. The SMILES string of the molecule is CC(C)N(C)C(=O)COC(=O)[C@@H](Cc1ccccc1)N1C(=O)c2ccccc2C1=O. The van der Waals surface area contributed by atoms with Gasteiger partial charge in [-0.2, -0.15) is 0 Å². The number of hydrogen-bond donors (Lipinski definition) is 0. The molecule has 0 radical (unpaired) electrons. The van der Waals surface area contributed by atoms with Crippen LogP contribution in [0.5, 0.6) is 0 Å². The molecule has 0 aliphatic carbocycles. The predicted octanol–water partition coefficient (Wildman–Crippen LogP) is 2.30. The minimum Gasteiger partial charge on any atom is -0.454 e. The number of likely N-dealkylation sites (N-methyl/N-ethyl adjacent to an activating group) is 1. The molecule has 0 fully saturated rings. The number of carbonyl (C=O) groups is 4. The lowest BCUT2D eigenvalue weighted by Gasteiger charge is -2.26. The van der Waals surface area contributed by atoms with Crippen LogP contribution in [0, 0.1) is 0 Å². The van der Waals surface area contributed by atoms with Crippen LogP contribution >= 0.6 is 0 Å². The van der Waals surface area contributed by atoms with Gasteiger partial charge in [-0.15, -0.1) is 0 Å². The molecule has 1 aliphatic rings. The van der Waals surface area contributed by atoms with Crippen molar-refractivity contribution in [2.75, 3.05) is 13.7 Å². The monoisotopic (exact) mass is 408 g/mol. The van der Waals surface area contributed by atoms with Crippen molar-refractivity contribution in [3.8, 4) is 0 Å². The fraction of sp³-hybridized carbons (Fsp3) is 0.304. The van der Waals surface area contributed by atoms with Gasteiger partial charge in [0.15, 0.2) is 6.61 Å². The summed E-state index contributed by atoms with van der Waals surface area (Å²) in [7, 11) is 1.62. The van der Waals surface area contributed by atoms with E-state index in [0.29, 0.717) is 0 Å². The molecule has 30 heavy (non-hydrogen) atoms. The van der Waals surface area contributed by atoms with E-state index in [-0.39, 0.29) is 29.5 Å². The zero-order chi connectivity index (χ0) is 21.8. The van der Waals surface area contributed by atoms with Crippen LogP contribution < -0.4 is 0 Å². The highest BCUT2D eigenvalue weighted by molar-refractivity contribution is 6.22. The molecule has 7 heteroatoms. The lowest BCUT2D eigenvalue weighted by molar-refractivity contribution is -0.155. The molecule has 0 saturated heterocycles. The number of ether oxygens (including phenoxy) is 1. The third kappa shape index (κ3) is 4.25. The summed E-state index contributed by atoms with van der Waals surface area (Å²) in [6.45, 7) is 3.23. The van der Waals surface area contributed by atoms with Gasteiger partial charge in [0.25, 0.3) is 17.7 Å². The molecule has 0 aromatic heterocycles. The molecular formula is C23H24N2O5. The third-order valence-corrected chi connectivity index (χ3v) is 5.19. The number of fused-ring (bicyclic) bond motifs is 1. The number of hydrogen-bond acceptors (Lipinski definition) is 5. The second-order valence-electron chi connectivity index (χ2n) is 7.44. The molecule has 0 saturated carbocycles. The van der Waals surface area contributed by atoms with Gasteiger partial charge >= 0.3 is 5.97 Å². The summed E-state index contributed by atoms with van der Waals surface area (Å²) < 4.78 is 5.24. The third-order valence-electron chi connectivity index (χ3n) is 5.19. The summed E-state index contributed by atoms with van der Waals surface area (Å²) >= 11 is 0. The maximum Gasteiger partial charge on any atom is 0.330 e. The zero-order valence-corrected chi connectivity index (χ0v) is 17.2. The summed E-state index contributed by atoms with van der Waals surface area (Å²) in [4.78, 5) is 53.3. The average Bonchev–Trinajstić information content (AvgIpc) is 3.00. The largest absolute Gasteiger partial charge is 0.454 e.